The number of ether oxygens (including phenoxy) is 1. The minimum absolute atomic E-state index is 0.0950. The molecule has 5 aliphatic carbocycles. The molecule has 1 heterocycles. The van der Waals surface area contributed by atoms with Gasteiger partial charge in [-0.15, -0.1) is 0 Å². The molecule has 0 saturated heterocycles. The summed E-state index contributed by atoms with van der Waals surface area (Å²) in [4.78, 5) is 44.5. The van der Waals surface area contributed by atoms with Gasteiger partial charge < -0.3 is 15.8 Å². The van der Waals surface area contributed by atoms with Gasteiger partial charge in [0.15, 0.2) is 5.78 Å². The number of esters is 1. The number of rotatable bonds is 6. The van der Waals surface area contributed by atoms with Gasteiger partial charge in [0.1, 0.15) is 11.8 Å². The van der Waals surface area contributed by atoms with Crippen LogP contribution in [-0.2, 0) is 14.3 Å². The lowest BCUT2D eigenvalue weighted by Crippen LogP contribution is -2.64. The van der Waals surface area contributed by atoms with E-state index < -0.39 is 11.1 Å². The fourth-order valence-electron chi connectivity index (χ4n) is 12.0. The van der Waals surface area contributed by atoms with Gasteiger partial charge in [0.25, 0.3) is 5.91 Å². The molecule has 3 N–H and O–H groups in total. The molecule has 4 unspecified atom stereocenters. The smallest absolute Gasteiger partial charge is 0.307 e. The minimum Gasteiger partial charge on any atom is -0.462 e. The summed E-state index contributed by atoms with van der Waals surface area (Å²) in [7, 11) is 0. The van der Waals surface area contributed by atoms with Crippen molar-refractivity contribution < 1.29 is 19.1 Å². The number of carbonyl (C=O) groups is 3. The highest BCUT2D eigenvalue weighted by molar-refractivity contribution is 6.03. The van der Waals surface area contributed by atoms with Crippen molar-refractivity contribution in [3.8, 4) is 0 Å². The van der Waals surface area contributed by atoms with Gasteiger partial charge >= 0.3 is 5.97 Å². The van der Waals surface area contributed by atoms with E-state index in [-0.39, 0.29) is 52.3 Å². The lowest BCUT2D eigenvalue weighted by atomic mass is 9.37. The molecule has 1 aromatic rings. The van der Waals surface area contributed by atoms with E-state index in [4.69, 9.17) is 10.5 Å². The van der Waals surface area contributed by atoms with Gasteiger partial charge in [-0.05, 0) is 129 Å². The standard InChI is InChI=1S/C39H57N3O4/c1-23(2)32-27(43)21-39(42-34(45)26-11-9-10-20-41-26)19-14-25-24(33(32)39)12-13-29-37(25,7)17-15-28-36(5,6)30(16-18-38(28,29)8)46-31(44)22-35(3,4)40/h9-11,20,23-25,28-30H,12-19,21-22,40H2,1-8H3,(H,42,45)/t24-,25?,28?,29?,30-,37?,38-,39+/m0/s1. The van der Waals surface area contributed by atoms with Crippen LogP contribution in [0.3, 0.4) is 0 Å². The maximum absolute atomic E-state index is 13.8. The normalized spacial score (nSPS) is 38.4. The highest BCUT2D eigenvalue weighted by atomic mass is 16.5. The molecule has 5 aliphatic rings. The number of carbonyl (C=O) groups excluding carboxylic acids is 3. The van der Waals surface area contributed by atoms with E-state index in [1.165, 1.54) is 5.57 Å². The highest BCUT2D eigenvalue weighted by Gasteiger charge is 2.67. The predicted octanol–water partition coefficient (Wildman–Crippen LogP) is 7.19. The SMILES string of the molecule is CC(C)C1=C2[C@H]3CCC4C(C)(CCC5C(C)(C)[C@@H](OC(=O)CC(C)(C)N)CC[C@]45C)C3CC[C@@]2(NC(=O)c2ccccn2)CC1=O. The highest BCUT2D eigenvalue weighted by Crippen LogP contribution is 2.72. The molecule has 0 aromatic carbocycles. The summed E-state index contributed by atoms with van der Waals surface area (Å²) >= 11 is 0. The van der Waals surface area contributed by atoms with Crippen LogP contribution in [-0.4, -0.2) is 39.8 Å². The Kier molecular flexibility index (Phi) is 8.18. The Labute approximate surface area is 276 Å². The summed E-state index contributed by atoms with van der Waals surface area (Å²) in [5.41, 5.74) is 7.77. The Bertz CT molecular complexity index is 1430. The number of allylic oxidation sites excluding steroid dienone is 1. The van der Waals surface area contributed by atoms with Gasteiger partial charge in [-0.25, -0.2) is 0 Å². The van der Waals surface area contributed by atoms with E-state index in [0.29, 0.717) is 35.8 Å². The molecule has 0 aliphatic heterocycles. The van der Waals surface area contributed by atoms with Crippen molar-refractivity contribution in [3.63, 3.8) is 0 Å². The van der Waals surface area contributed by atoms with E-state index in [9.17, 15) is 14.4 Å². The van der Waals surface area contributed by atoms with Gasteiger partial charge in [-0.1, -0.05) is 47.6 Å². The maximum Gasteiger partial charge on any atom is 0.307 e. The fourth-order valence-corrected chi connectivity index (χ4v) is 12.0. The summed E-state index contributed by atoms with van der Waals surface area (Å²) in [6.45, 7) is 17.8. The summed E-state index contributed by atoms with van der Waals surface area (Å²) < 4.78 is 6.19. The number of hydrogen-bond acceptors (Lipinski definition) is 6. The number of nitrogens with one attached hydrogen (secondary N) is 1. The van der Waals surface area contributed by atoms with E-state index >= 15 is 0 Å². The van der Waals surface area contributed by atoms with Crippen molar-refractivity contribution in [3.05, 3.63) is 41.2 Å². The molecule has 1 aromatic heterocycles. The van der Waals surface area contributed by atoms with E-state index in [0.717, 1.165) is 56.9 Å². The summed E-state index contributed by atoms with van der Waals surface area (Å²) in [5.74, 6) is 1.77. The lowest BCUT2D eigenvalue weighted by Gasteiger charge is -2.68. The van der Waals surface area contributed by atoms with Crippen LogP contribution in [0.15, 0.2) is 35.5 Å². The van der Waals surface area contributed by atoms with E-state index in [1.807, 2.05) is 26.0 Å². The number of aromatic nitrogens is 1. The maximum atomic E-state index is 13.8. The van der Waals surface area contributed by atoms with Crippen LogP contribution < -0.4 is 11.1 Å². The number of hydrogen-bond donors (Lipinski definition) is 2. The lowest BCUT2D eigenvalue weighted by molar-refractivity contribution is -0.212. The zero-order valence-electron chi connectivity index (χ0n) is 29.5. The van der Waals surface area contributed by atoms with Crippen LogP contribution in [0.5, 0.6) is 0 Å². The third-order valence-corrected chi connectivity index (χ3v) is 13.7. The van der Waals surface area contributed by atoms with Crippen LogP contribution >= 0.6 is 0 Å². The number of fused-ring (bicyclic) bond motifs is 7. The third-order valence-electron chi connectivity index (χ3n) is 13.7. The number of pyridine rings is 1. The first kappa shape index (κ1) is 33.4. The van der Waals surface area contributed by atoms with Gasteiger partial charge in [-0.3, -0.25) is 19.4 Å². The van der Waals surface area contributed by atoms with Crippen LogP contribution in [0.2, 0.25) is 0 Å². The van der Waals surface area contributed by atoms with Gasteiger partial charge in [0.2, 0.25) is 0 Å². The average molecular weight is 632 g/mol. The van der Waals surface area contributed by atoms with Crippen LogP contribution in [0.25, 0.3) is 0 Å². The second-order valence-electron chi connectivity index (χ2n) is 17.8. The van der Waals surface area contributed by atoms with Gasteiger partial charge in [0.05, 0.1) is 12.0 Å². The van der Waals surface area contributed by atoms with Crippen LogP contribution in [0, 0.1) is 45.8 Å². The molecule has 4 fully saturated rings. The first-order chi connectivity index (χ1) is 21.4. The summed E-state index contributed by atoms with van der Waals surface area (Å²) in [6.07, 6.45) is 10.4. The molecule has 252 valence electrons. The molecule has 0 bridgehead atoms. The molecule has 46 heavy (non-hydrogen) atoms. The Balaban J connectivity index is 1.29. The number of ketones is 1. The third kappa shape index (κ3) is 5.27. The molecule has 4 saturated carbocycles. The number of Topliss-reactive ketones (excluding diaryl/α,β-unsaturated/α-hetero) is 1. The molecular formula is C39H57N3O4. The molecule has 7 nitrogen and oxygen atoms in total. The zero-order chi connectivity index (χ0) is 33.4. The molecule has 0 radical (unpaired) electrons. The van der Waals surface area contributed by atoms with E-state index in [2.05, 4.69) is 51.8 Å². The van der Waals surface area contributed by atoms with Crippen LogP contribution in [0.1, 0.15) is 130 Å². The van der Waals surface area contributed by atoms with Crippen molar-refractivity contribution in [1.82, 2.24) is 10.3 Å². The second-order valence-corrected chi connectivity index (χ2v) is 17.8. The number of amides is 1. The fraction of sp³-hybridized carbons (Fsp3) is 0.744. The topological polar surface area (TPSA) is 111 Å². The van der Waals surface area contributed by atoms with E-state index in [1.54, 1.807) is 12.3 Å². The van der Waals surface area contributed by atoms with Crippen molar-refractivity contribution >= 4 is 17.7 Å². The molecule has 1 amide bonds. The predicted molar refractivity (Wildman–Crippen MR) is 180 cm³/mol. The van der Waals surface area contributed by atoms with Crippen LogP contribution in [0.4, 0.5) is 0 Å². The van der Waals surface area contributed by atoms with Gasteiger partial charge in [0, 0.05) is 23.6 Å². The van der Waals surface area contributed by atoms with Crippen molar-refractivity contribution in [1.29, 1.82) is 0 Å². The quantitative estimate of drug-likeness (QED) is 0.322. The zero-order valence-corrected chi connectivity index (χ0v) is 29.5. The van der Waals surface area contributed by atoms with Crippen molar-refractivity contribution in [2.45, 2.75) is 137 Å². The molecule has 0 spiro atoms. The molecule has 7 heteroatoms. The molecule has 8 atom stereocenters. The summed E-state index contributed by atoms with van der Waals surface area (Å²) in [5, 5.41) is 3.41. The largest absolute Gasteiger partial charge is 0.462 e. The molecule has 6 rings (SSSR count). The molecular weight excluding hydrogens is 574 g/mol. The Morgan fingerprint density at radius 2 is 1.72 bits per heavy atom. The number of nitrogens with two attached hydrogens (primary N) is 1. The monoisotopic (exact) mass is 631 g/mol. The second kappa shape index (κ2) is 11.3. The van der Waals surface area contributed by atoms with Crippen molar-refractivity contribution in [2.24, 2.45) is 51.6 Å². The van der Waals surface area contributed by atoms with Crippen molar-refractivity contribution in [2.75, 3.05) is 0 Å². The Morgan fingerprint density at radius 3 is 2.37 bits per heavy atom. The Morgan fingerprint density at radius 1 is 1.00 bits per heavy atom. The van der Waals surface area contributed by atoms with Gasteiger partial charge in [-0.2, -0.15) is 0 Å². The first-order valence-corrected chi connectivity index (χ1v) is 17.9. The minimum atomic E-state index is -0.612. The summed E-state index contributed by atoms with van der Waals surface area (Å²) in [6, 6.07) is 5.41. The first-order valence-electron chi connectivity index (χ1n) is 17.9. The Hall–Kier alpha value is -2.54. The average Bonchev–Trinajstić information content (AvgIpc) is 3.25. The number of nitrogens with zero attached hydrogens (tertiary/aromatic N) is 1.